The molecule has 1 aliphatic rings. The zero-order valence-corrected chi connectivity index (χ0v) is 17.2. The van der Waals surface area contributed by atoms with Gasteiger partial charge < -0.3 is 5.11 Å². The van der Waals surface area contributed by atoms with Crippen molar-refractivity contribution in [3.63, 3.8) is 0 Å². The number of carboxylic acids is 1. The van der Waals surface area contributed by atoms with Gasteiger partial charge in [-0.3, -0.25) is 9.48 Å². The van der Waals surface area contributed by atoms with Crippen molar-refractivity contribution >= 4 is 16.0 Å². The fraction of sp³-hybridized carbons (Fsp3) is 0.273. The van der Waals surface area contributed by atoms with Crippen molar-refractivity contribution in [2.75, 3.05) is 0 Å². The lowest BCUT2D eigenvalue weighted by Gasteiger charge is -2.24. The van der Waals surface area contributed by atoms with Crippen LogP contribution in [0.15, 0.2) is 65.7 Å². The summed E-state index contributed by atoms with van der Waals surface area (Å²) in [5.74, 6) is -0.883. The summed E-state index contributed by atoms with van der Waals surface area (Å²) in [7, 11) is -3.70. The van der Waals surface area contributed by atoms with Crippen molar-refractivity contribution in [2.45, 2.75) is 43.2 Å². The van der Waals surface area contributed by atoms with Crippen molar-refractivity contribution in [1.29, 1.82) is 0 Å². The SMILES string of the molecule is O=C(O)CCn1ncc2c1CCCC2NS(=O)(=O)c1ccc(-c2ccccc2)cc1. The highest BCUT2D eigenvalue weighted by molar-refractivity contribution is 7.89. The molecule has 1 unspecified atom stereocenters. The van der Waals surface area contributed by atoms with Crippen LogP contribution < -0.4 is 4.72 Å². The first kappa shape index (κ1) is 20.3. The zero-order chi connectivity index (χ0) is 21.1. The average molecular weight is 426 g/mol. The molecule has 2 N–H and O–H groups in total. The molecule has 0 bridgehead atoms. The van der Waals surface area contributed by atoms with E-state index in [0.29, 0.717) is 6.42 Å². The van der Waals surface area contributed by atoms with E-state index >= 15 is 0 Å². The van der Waals surface area contributed by atoms with E-state index in [1.165, 1.54) is 0 Å². The summed E-state index contributed by atoms with van der Waals surface area (Å²) >= 11 is 0. The first-order valence-corrected chi connectivity index (χ1v) is 11.4. The highest BCUT2D eigenvalue weighted by atomic mass is 32.2. The van der Waals surface area contributed by atoms with E-state index < -0.39 is 16.0 Å². The second-order valence-electron chi connectivity index (χ2n) is 7.37. The Labute approximate surface area is 175 Å². The Hall–Kier alpha value is -2.97. The summed E-state index contributed by atoms with van der Waals surface area (Å²) in [6.07, 6.45) is 3.89. The molecule has 1 aromatic heterocycles. The minimum absolute atomic E-state index is 0.0156. The molecular weight excluding hydrogens is 402 g/mol. The third kappa shape index (κ3) is 4.29. The van der Waals surface area contributed by atoms with Gasteiger partial charge in [0, 0.05) is 11.3 Å². The Kier molecular flexibility index (Phi) is 5.69. The summed E-state index contributed by atoms with van der Waals surface area (Å²) in [4.78, 5) is 11.1. The van der Waals surface area contributed by atoms with Gasteiger partial charge >= 0.3 is 5.97 Å². The summed E-state index contributed by atoms with van der Waals surface area (Å²) < 4.78 is 30.4. The maximum absolute atomic E-state index is 13.0. The zero-order valence-electron chi connectivity index (χ0n) is 16.4. The number of sulfonamides is 1. The number of carboxylic acid groups (broad SMARTS) is 1. The van der Waals surface area contributed by atoms with Crippen molar-refractivity contribution in [3.8, 4) is 11.1 Å². The number of benzene rings is 2. The minimum atomic E-state index is -3.70. The molecule has 7 nitrogen and oxygen atoms in total. The predicted molar refractivity (Wildman–Crippen MR) is 112 cm³/mol. The van der Waals surface area contributed by atoms with E-state index in [9.17, 15) is 13.2 Å². The maximum atomic E-state index is 13.0. The summed E-state index contributed by atoms with van der Waals surface area (Å²) in [5, 5.41) is 13.2. The molecule has 4 rings (SSSR count). The topological polar surface area (TPSA) is 101 Å². The largest absolute Gasteiger partial charge is 0.481 e. The van der Waals surface area contributed by atoms with E-state index in [2.05, 4.69) is 9.82 Å². The Morgan fingerprint density at radius 3 is 2.50 bits per heavy atom. The van der Waals surface area contributed by atoms with E-state index in [0.717, 1.165) is 35.2 Å². The number of hydrogen-bond acceptors (Lipinski definition) is 4. The molecule has 30 heavy (non-hydrogen) atoms. The molecule has 1 heterocycles. The first-order chi connectivity index (χ1) is 14.4. The lowest BCUT2D eigenvalue weighted by molar-refractivity contribution is -0.137. The lowest BCUT2D eigenvalue weighted by atomic mass is 9.94. The smallest absolute Gasteiger partial charge is 0.305 e. The Bertz CT molecular complexity index is 1140. The second-order valence-corrected chi connectivity index (χ2v) is 9.08. The molecule has 3 aromatic rings. The number of fused-ring (bicyclic) bond motifs is 1. The number of aliphatic carboxylic acids is 1. The molecule has 0 radical (unpaired) electrons. The van der Waals surface area contributed by atoms with Crippen LogP contribution in [0.2, 0.25) is 0 Å². The molecule has 0 saturated carbocycles. The van der Waals surface area contributed by atoms with Crippen LogP contribution in [-0.4, -0.2) is 29.3 Å². The summed E-state index contributed by atoms with van der Waals surface area (Å²) in [6.45, 7) is 0.283. The molecule has 156 valence electrons. The van der Waals surface area contributed by atoms with Crippen LogP contribution in [-0.2, 0) is 27.8 Å². The van der Waals surface area contributed by atoms with Gasteiger partial charge in [0.15, 0.2) is 0 Å². The van der Waals surface area contributed by atoms with Crippen molar-refractivity contribution in [2.24, 2.45) is 0 Å². The fourth-order valence-electron chi connectivity index (χ4n) is 3.85. The van der Waals surface area contributed by atoms with Crippen LogP contribution in [0, 0.1) is 0 Å². The molecule has 1 aliphatic carbocycles. The Morgan fingerprint density at radius 2 is 1.80 bits per heavy atom. The van der Waals surface area contributed by atoms with Crippen LogP contribution in [0.25, 0.3) is 11.1 Å². The number of aryl methyl sites for hydroxylation is 1. The predicted octanol–water partition coefficient (Wildman–Crippen LogP) is 3.38. The van der Waals surface area contributed by atoms with Gasteiger partial charge in [-0.05, 0) is 42.5 Å². The molecule has 0 spiro atoms. The molecule has 8 heteroatoms. The van der Waals surface area contributed by atoms with Crippen LogP contribution in [0.1, 0.15) is 36.6 Å². The van der Waals surface area contributed by atoms with Crippen molar-refractivity contribution < 1.29 is 18.3 Å². The molecule has 0 amide bonds. The van der Waals surface area contributed by atoms with Gasteiger partial charge in [-0.15, -0.1) is 0 Å². The van der Waals surface area contributed by atoms with E-state index in [4.69, 9.17) is 5.11 Å². The lowest BCUT2D eigenvalue weighted by Crippen LogP contribution is -2.31. The van der Waals surface area contributed by atoms with E-state index in [1.807, 2.05) is 30.3 Å². The van der Waals surface area contributed by atoms with E-state index in [-0.39, 0.29) is 23.9 Å². The number of hydrogen-bond donors (Lipinski definition) is 2. The van der Waals surface area contributed by atoms with Crippen molar-refractivity contribution in [3.05, 3.63) is 72.1 Å². The minimum Gasteiger partial charge on any atom is -0.481 e. The van der Waals surface area contributed by atoms with Crippen LogP contribution in [0.5, 0.6) is 0 Å². The normalized spacial score (nSPS) is 16.2. The highest BCUT2D eigenvalue weighted by Crippen LogP contribution is 2.31. The quantitative estimate of drug-likeness (QED) is 0.604. The number of nitrogens with one attached hydrogen (secondary N) is 1. The average Bonchev–Trinajstić information content (AvgIpc) is 3.17. The molecule has 2 aromatic carbocycles. The standard InChI is InChI=1S/C22H23N3O4S/c26-22(27)13-14-25-21-8-4-7-20(19(21)15-23-25)24-30(28,29)18-11-9-17(10-12-18)16-5-2-1-3-6-16/h1-3,5-6,9-12,15,20,24H,4,7-8,13-14H2,(H,26,27). The first-order valence-electron chi connectivity index (χ1n) is 9.88. The van der Waals surface area contributed by atoms with Crippen molar-refractivity contribution in [1.82, 2.24) is 14.5 Å². The number of aromatic nitrogens is 2. The number of nitrogens with zero attached hydrogens (tertiary/aromatic N) is 2. The molecule has 1 atom stereocenters. The van der Waals surface area contributed by atoms with Gasteiger partial charge in [0.25, 0.3) is 0 Å². The van der Waals surface area contributed by atoms with E-state index in [1.54, 1.807) is 35.1 Å². The molecular formula is C22H23N3O4S. The molecule has 0 aliphatic heterocycles. The molecule has 0 fully saturated rings. The van der Waals surface area contributed by atoms with Gasteiger partial charge in [-0.25, -0.2) is 13.1 Å². The maximum Gasteiger partial charge on any atom is 0.305 e. The van der Waals surface area contributed by atoms with Gasteiger partial charge in [-0.2, -0.15) is 5.10 Å². The van der Waals surface area contributed by atoms with Crippen LogP contribution in [0.4, 0.5) is 0 Å². The molecule has 0 saturated heterocycles. The van der Waals surface area contributed by atoms with Gasteiger partial charge in [0.2, 0.25) is 10.0 Å². The van der Waals surface area contributed by atoms with Gasteiger partial charge in [-0.1, -0.05) is 42.5 Å². The summed E-state index contributed by atoms with van der Waals surface area (Å²) in [5.41, 5.74) is 3.72. The number of rotatable bonds is 7. The van der Waals surface area contributed by atoms with Gasteiger partial charge in [0.05, 0.1) is 30.1 Å². The number of carbonyl (C=O) groups is 1. The third-order valence-electron chi connectivity index (χ3n) is 5.37. The van der Waals surface area contributed by atoms with Crippen LogP contribution in [0.3, 0.4) is 0 Å². The Morgan fingerprint density at radius 1 is 1.10 bits per heavy atom. The third-order valence-corrected chi connectivity index (χ3v) is 6.86. The highest BCUT2D eigenvalue weighted by Gasteiger charge is 2.28. The monoisotopic (exact) mass is 425 g/mol. The second kappa shape index (κ2) is 8.41. The summed E-state index contributed by atoms with van der Waals surface area (Å²) in [6, 6.07) is 16.3. The van der Waals surface area contributed by atoms with Crippen LogP contribution >= 0.6 is 0 Å². The Balaban J connectivity index is 1.52. The van der Waals surface area contributed by atoms with Gasteiger partial charge in [0.1, 0.15) is 0 Å². The fourth-order valence-corrected chi connectivity index (χ4v) is 5.10.